The molecule has 1 atom stereocenters. The Hall–Kier alpha value is -3.98. The summed E-state index contributed by atoms with van der Waals surface area (Å²) in [5.74, 6) is -0.290. The van der Waals surface area contributed by atoms with Crippen molar-refractivity contribution < 1.29 is 41.3 Å². The van der Waals surface area contributed by atoms with Crippen LogP contribution in [0.15, 0.2) is 47.7 Å². The number of hydrogen-bond donors (Lipinski definition) is 2. The van der Waals surface area contributed by atoms with Gasteiger partial charge in [0.25, 0.3) is 0 Å². The fraction of sp³-hybridized carbons (Fsp3) is 0.433. The number of aromatic nitrogens is 3. The smallest absolute Gasteiger partial charge is 0.397 e. The van der Waals surface area contributed by atoms with Crippen molar-refractivity contribution in [1.29, 1.82) is 0 Å². The van der Waals surface area contributed by atoms with Gasteiger partial charge < -0.3 is 14.6 Å². The first-order valence-corrected chi connectivity index (χ1v) is 15.4. The summed E-state index contributed by atoms with van der Waals surface area (Å²) in [4.78, 5) is 39.7. The molecule has 1 aliphatic carbocycles. The molecule has 1 saturated carbocycles. The Morgan fingerprint density at radius 3 is 2.43 bits per heavy atom. The lowest BCUT2D eigenvalue weighted by Gasteiger charge is -2.19. The van der Waals surface area contributed by atoms with Gasteiger partial charge in [0.15, 0.2) is 0 Å². The summed E-state index contributed by atoms with van der Waals surface area (Å²) in [6.45, 7) is 7.32. The van der Waals surface area contributed by atoms with Crippen LogP contribution in [0.3, 0.4) is 0 Å². The number of ether oxygens (including phenoxy) is 2. The third-order valence-electron chi connectivity index (χ3n) is 7.00. The predicted molar refractivity (Wildman–Crippen MR) is 159 cm³/mol. The van der Waals surface area contributed by atoms with E-state index in [4.69, 9.17) is 19.0 Å². The standard InChI is InChI=1S/C29H32N4O5.CH4O4S/c1-17(2)37-28(36)29(10-11-29)38-24(35)9-8-23-27-31-15-19(4)33(27)26-20(16-34)13-18(3)14-21(26)25(32-23)22-7-5-6-12-30-22;1-5-6(2,3)4/h5-7,12-15,17,23,34H,8-11,16H2,1-4H3;1H3,(H,2,3,4)/t23-;/m0./s1. The van der Waals surface area contributed by atoms with Crippen LogP contribution in [0.4, 0.5) is 0 Å². The maximum Gasteiger partial charge on any atom is 0.397 e. The van der Waals surface area contributed by atoms with Gasteiger partial charge in [-0.05, 0) is 57.9 Å². The zero-order valence-corrected chi connectivity index (χ0v) is 26.0. The molecule has 1 fully saturated rings. The Morgan fingerprint density at radius 2 is 1.86 bits per heavy atom. The van der Waals surface area contributed by atoms with E-state index in [0.717, 1.165) is 35.2 Å². The summed E-state index contributed by atoms with van der Waals surface area (Å²) in [6.07, 6.45) is 4.52. The first kappa shape index (κ1) is 32.9. The highest BCUT2D eigenvalue weighted by atomic mass is 32.3. The van der Waals surface area contributed by atoms with Crippen molar-refractivity contribution in [1.82, 2.24) is 14.5 Å². The number of pyridine rings is 1. The lowest BCUT2D eigenvalue weighted by atomic mass is 9.97. The molecule has 3 aromatic rings. The third kappa shape index (κ3) is 7.56. The fourth-order valence-corrected chi connectivity index (χ4v) is 4.89. The number of nitrogens with zero attached hydrogens (tertiary/aromatic N) is 4. The number of aliphatic imine (C=N–C) groups is 1. The number of aliphatic hydroxyl groups is 1. The predicted octanol–water partition coefficient (Wildman–Crippen LogP) is 3.51. The minimum Gasteiger partial charge on any atom is -0.460 e. The minimum absolute atomic E-state index is 0.0501. The number of carbonyl (C=O) groups excluding carboxylic acids is 2. The molecule has 2 N–H and O–H groups in total. The summed E-state index contributed by atoms with van der Waals surface area (Å²) >= 11 is 0. The maximum absolute atomic E-state index is 12.9. The van der Waals surface area contributed by atoms with Gasteiger partial charge in [-0.15, -0.1) is 0 Å². The van der Waals surface area contributed by atoms with Gasteiger partial charge in [0.05, 0.1) is 36.9 Å². The molecule has 1 aliphatic heterocycles. The Kier molecular flexibility index (Phi) is 9.98. The number of hydrogen-bond acceptors (Lipinski definition) is 11. The Labute approximate surface area is 255 Å². The van der Waals surface area contributed by atoms with Crippen molar-refractivity contribution >= 4 is 28.0 Å². The average Bonchev–Trinajstić information content (AvgIpc) is 3.69. The molecule has 0 unspecified atom stereocenters. The van der Waals surface area contributed by atoms with E-state index in [-0.39, 0.29) is 19.1 Å². The molecule has 44 heavy (non-hydrogen) atoms. The molecule has 0 amide bonds. The van der Waals surface area contributed by atoms with E-state index >= 15 is 0 Å². The molecule has 0 spiro atoms. The number of imidazole rings is 1. The Balaban J connectivity index is 0.000000670. The molecular formula is C30H36N4O9S. The topological polar surface area (TPSA) is 180 Å². The molecular weight excluding hydrogens is 592 g/mol. The van der Waals surface area contributed by atoms with E-state index < -0.39 is 34.0 Å². The molecule has 13 nitrogen and oxygen atoms in total. The molecule has 14 heteroatoms. The van der Waals surface area contributed by atoms with Gasteiger partial charge in [-0.25, -0.2) is 9.78 Å². The summed E-state index contributed by atoms with van der Waals surface area (Å²) in [5, 5.41) is 10.3. The molecule has 1 aromatic carbocycles. The largest absolute Gasteiger partial charge is 0.460 e. The van der Waals surface area contributed by atoms with E-state index in [1.807, 2.05) is 48.7 Å². The number of benzene rings is 1. The quantitative estimate of drug-likeness (QED) is 0.262. The molecule has 0 radical (unpaired) electrons. The number of fused-ring (bicyclic) bond motifs is 3. The van der Waals surface area contributed by atoms with Crippen molar-refractivity contribution in [3.63, 3.8) is 0 Å². The van der Waals surface area contributed by atoms with Crippen LogP contribution in [0.2, 0.25) is 0 Å². The molecule has 236 valence electrons. The van der Waals surface area contributed by atoms with Crippen LogP contribution in [-0.2, 0) is 40.3 Å². The van der Waals surface area contributed by atoms with Gasteiger partial charge in [-0.1, -0.05) is 12.1 Å². The Bertz CT molecular complexity index is 1660. The second-order valence-electron chi connectivity index (χ2n) is 10.8. The summed E-state index contributed by atoms with van der Waals surface area (Å²) < 4.78 is 42.6. The number of rotatable bonds is 9. The van der Waals surface area contributed by atoms with Crippen LogP contribution >= 0.6 is 0 Å². The van der Waals surface area contributed by atoms with Gasteiger partial charge in [-0.2, -0.15) is 8.42 Å². The minimum atomic E-state index is -4.16. The van der Waals surface area contributed by atoms with E-state index in [1.165, 1.54) is 0 Å². The number of carbonyl (C=O) groups is 2. The highest BCUT2D eigenvalue weighted by molar-refractivity contribution is 7.80. The summed E-state index contributed by atoms with van der Waals surface area (Å²) in [5.41, 5.74) is 4.48. The van der Waals surface area contributed by atoms with Crippen LogP contribution in [0.25, 0.3) is 5.69 Å². The highest BCUT2D eigenvalue weighted by Gasteiger charge is 2.56. The van der Waals surface area contributed by atoms with E-state index in [9.17, 15) is 23.1 Å². The molecule has 5 rings (SSSR count). The second-order valence-corrected chi connectivity index (χ2v) is 12.0. The normalized spacial score (nSPS) is 16.5. The number of aliphatic hydroxyl groups excluding tert-OH is 1. The maximum atomic E-state index is 12.9. The van der Waals surface area contributed by atoms with Crippen molar-refractivity contribution in [2.45, 2.75) is 77.7 Å². The van der Waals surface area contributed by atoms with Crippen molar-refractivity contribution in [2.75, 3.05) is 7.11 Å². The van der Waals surface area contributed by atoms with Gasteiger partial charge in [0, 0.05) is 48.5 Å². The first-order valence-electron chi connectivity index (χ1n) is 14.0. The van der Waals surface area contributed by atoms with Gasteiger partial charge in [-0.3, -0.25) is 28.1 Å². The van der Waals surface area contributed by atoms with Gasteiger partial charge in [0.1, 0.15) is 11.9 Å². The first-order chi connectivity index (χ1) is 20.8. The van der Waals surface area contributed by atoms with E-state index in [1.54, 1.807) is 26.2 Å². The molecule has 2 aromatic heterocycles. The monoisotopic (exact) mass is 628 g/mol. The SMILES string of the molecule is COS(=O)(=O)O.Cc1cc(CO)c2c(c1)C(c1ccccn1)=N[C@@H](CCC(=O)OC1(C(=O)OC(C)C)CC1)c1ncc(C)n1-2. The Morgan fingerprint density at radius 1 is 1.16 bits per heavy atom. The molecule has 0 bridgehead atoms. The summed E-state index contributed by atoms with van der Waals surface area (Å²) in [7, 11) is -3.29. The van der Waals surface area contributed by atoms with Crippen molar-refractivity contribution in [3.05, 3.63) is 76.6 Å². The zero-order valence-electron chi connectivity index (χ0n) is 25.2. The van der Waals surface area contributed by atoms with Crippen LogP contribution in [0, 0.1) is 13.8 Å². The van der Waals surface area contributed by atoms with Crippen LogP contribution < -0.4 is 0 Å². The zero-order chi connectivity index (χ0) is 32.2. The fourth-order valence-electron chi connectivity index (χ4n) is 4.89. The molecule has 0 saturated heterocycles. The van der Waals surface area contributed by atoms with Crippen molar-refractivity contribution in [3.8, 4) is 5.69 Å². The number of aryl methyl sites for hydroxylation is 2. The summed E-state index contributed by atoms with van der Waals surface area (Å²) in [6, 6.07) is 9.16. The molecule has 3 heterocycles. The van der Waals surface area contributed by atoms with Crippen LogP contribution in [0.1, 0.15) is 79.5 Å². The van der Waals surface area contributed by atoms with Crippen molar-refractivity contribution in [2.24, 2.45) is 4.99 Å². The van der Waals surface area contributed by atoms with E-state index in [0.29, 0.717) is 36.5 Å². The van der Waals surface area contributed by atoms with E-state index in [2.05, 4.69) is 14.2 Å². The third-order valence-corrected chi connectivity index (χ3v) is 7.42. The second kappa shape index (κ2) is 13.3. The highest BCUT2D eigenvalue weighted by Crippen LogP contribution is 2.42. The average molecular weight is 629 g/mol. The lowest BCUT2D eigenvalue weighted by molar-refractivity contribution is -0.174. The van der Waals surface area contributed by atoms with Crippen LogP contribution in [0.5, 0.6) is 0 Å². The number of esters is 2. The van der Waals surface area contributed by atoms with Crippen LogP contribution in [-0.4, -0.2) is 69.1 Å². The lowest BCUT2D eigenvalue weighted by Crippen LogP contribution is -2.33. The van der Waals surface area contributed by atoms with Gasteiger partial charge >= 0.3 is 22.3 Å². The van der Waals surface area contributed by atoms with Gasteiger partial charge in [0.2, 0.25) is 5.60 Å². The molecule has 2 aliphatic rings.